The lowest BCUT2D eigenvalue weighted by Gasteiger charge is -2.27. The lowest BCUT2D eigenvalue weighted by molar-refractivity contribution is -0.0752. The van der Waals surface area contributed by atoms with Crippen LogP contribution in [-0.4, -0.2) is 11.2 Å². The minimum atomic E-state index is 0.00685. The summed E-state index contributed by atoms with van der Waals surface area (Å²) in [6.45, 7) is 8.88. The minimum absolute atomic E-state index is 0.00685. The molecule has 1 saturated heterocycles. The lowest BCUT2D eigenvalue weighted by Crippen LogP contribution is -2.29. The molecular weight excluding hydrogens is 300 g/mol. The highest BCUT2D eigenvalue weighted by Gasteiger charge is 2.45. The molecule has 0 spiro atoms. The first-order chi connectivity index (χ1) is 8.80. The van der Waals surface area contributed by atoms with Gasteiger partial charge in [0.05, 0.1) is 11.2 Å². The zero-order valence-electron chi connectivity index (χ0n) is 12.4. The zero-order chi connectivity index (χ0) is 14.1. The van der Waals surface area contributed by atoms with Gasteiger partial charge in [-0.2, -0.15) is 0 Å². The van der Waals surface area contributed by atoms with Gasteiger partial charge in [0.15, 0.2) is 0 Å². The first-order valence-corrected chi connectivity index (χ1v) is 8.11. The van der Waals surface area contributed by atoms with E-state index in [0.29, 0.717) is 10.7 Å². The number of halogens is 1. The molecule has 1 heterocycles. The van der Waals surface area contributed by atoms with Crippen LogP contribution in [0.25, 0.3) is 0 Å². The Kier molecular flexibility index (Phi) is 4.42. The first kappa shape index (κ1) is 15.1. The number of ether oxygens (including phenoxy) is 1. The Bertz CT molecular complexity index is 411. The van der Waals surface area contributed by atoms with Crippen molar-refractivity contribution >= 4 is 15.9 Å². The normalized spacial score (nSPS) is 26.3. The topological polar surface area (TPSA) is 9.23 Å². The Balaban J connectivity index is 1.92. The van der Waals surface area contributed by atoms with Crippen LogP contribution >= 0.6 is 15.9 Å². The highest BCUT2D eigenvalue weighted by Crippen LogP contribution is 2.45. The molecule has 0 radical (unpaired) electrons. The van der Waals surface area contributed by atoms with E-state index >= 15 is 0 Å². The summed E-state index contributed by atoms with van der Waals surface area (Å²) in [5.41, 5.74) is 1.41. The van der Waals surface area contributed by atoms with Crippen LogP contribution < -0.4 is 0 Å². The second-order valence-electron chi connectivity index (χ2n) is 6.82. The van der Waals surface area contributed by atoms with Crippen LogP contribution in [0, 0.1) is 5.92 Å². The molecule has 0 saturated carbocycles. The molecule has 1 aliphatic heterocycles. The Hall–Kier alpha value is -0.340. The molecule has 19 heavy (non-hydrogen) atoms. The summed E-state index contributed by atoms with van der Waals surface area (Å²) in [7, 11) is 0. The number of benzene rings is 1. The van der Waals surface area contributed by atoms with Gasteiger partial charge in [0.1, 0.15) is 0 Å². The van der Waals surface area contributed by atoms with E-state index < -0.39 is 0 Å². The third-order valence-electron chi connectivity index (χ3n) is 4.19. The lowest BCUT2D eigenvalue weighted by atomic mass is 9.83. The third kappa shape index (κ3) is 3.82. The van der Waals surface area contributed by atoms with Crippen LogP contribution in [0.3, 0.4) is 0 Å². The molecule has 1 nitrogen and oxygen atoms in total. The molecule has 0 N–H and O–H groups in total. The van der Waals surface area contributed by atoms with Gasteiger partial charge in [0, 0.05) is 4.83 Å². The van der Waals surface area contributed by atoms with Crippen molar-refractivity contribution in [1.82, 2.24) is 0 Å². The van der Waals surface area contributed by atoms with Gasteiger partial charge in [-0.1, -0.05) is 46.3 Å². The van der Waals surface area contributed by atoms with Crippen LogP contribution in [-0.2, 0) is 4.74 Å². The number of hydrogen-bond donors (Lipinski definition) is 0. The van der Waals surface area contributed by atoms with Gasteiger partial charge < -0.3 is 4.74 Å². The predicted octanol–water partition coefficient (Wildman–Crippen LogP) is 5.50. The van der Waals surface area contributed by atoms with E-state index in [-0.39, 0.29) is 11.2 Å². The maximum absolute atomic E-state index is 6.17. The van der Waals surface area contributed by atoms with Crippen LogP contribution in [0.1, 0.15) is 57.3 Å². The number of alkyl halides is 1. The maximum Gasteiger partial charge on any atom is 0.0662 e. The summed E-state index contributed by atoms with van der Waals surface area (Å²) in [5.74, 6) is 0.645. The molecule has 0 aliphatic carbocycles. The maximum atomic E-state index is 6.17. The van der Waals surface area contributed by atoms with E-state index in [9.17, 15) is 0 Å². The molecule has 1 aliphatic rings. The fourth-order valence-corrected chi connectivity index (χ4v) is 3.87. The van der Waals surface area contributed by atoms with Crippen molar-refractivity contribution < 1.29 is 4.74 Å². The molecule has 1 aromatic rings. The van der Waals surface area contributed by atoms with Crippen LogP contribution in [0.2, 0.25) is 0 Å². The largest absolute Gasteiger partial charge is 0.369 e. The molecular formula is C17H25BrO. The van der Waals surface area contributed by atoms with Crippen LogP contribution in [0.15, 0.2) is 30.3 Å². The Morgan fingerprint density at radius 2 is 1.84 bits per heavy atom. The molecule has 2 atom stereocenters. The molecule has 0 amide bonds. The van der Waals surface area contributed by atoms with E-state index in [4.69, 9.17) is 4.74 Å². The van der Waals surface area contributed by atoms with Gasteiger partial charge in [-0.05, 0) is 58.4 Å². The molecule has 2 heteroatoms. The van der Waals surface area contributed by atoms with Crippen LogP contribution in [0.4, 0.5) is 0 Å². The standard InChI is InChI=1S/C17H25BrO/c1-16(2)12-14(17(3,4)19-16)10-11-15(18)13-8-6-5-7-9-13/h5-9,14-15H,10-12H2,1-4H3. The fraction of sp³-hybridized carbons (Fsp3) is 0.647. The van der Waals surface area contributed by atoms with Crippen molar-refractivity contribution in [3.63, 3.8) is 0 Å². The quantitative estimate of drug-likeness (QED) is 0.665. The summed E-state index contributed by atoms with van der Waals surface area (Å²) < 4.78 is 6.17. The van der Waals surface area contributed by atoms with Gasteiger partial charge in [-0.25, -0.2) is 0 Å². The minimum Gasteiger partial charge on any atom is -0.369 e. The van der Waals surface area contributed by atoms with E-state index in [1.54, 1.807) is 0 Å². The first-order valence-electron chi connectivity index (χ1n) is 7.19. The fourth-order valence-electron chi connectivity index (χ4n) is 3.30. The predicted molar refractivity (Wildman–Crippen MR) is 84.7 cm³/mol. The summed E-state index contributed by atoms with van der Waals surface area (Å²) in [6.07, 6.45) is 3.54. The summed E-state index contributed by atoms with van der Waals surface area (Å²) in [4.78, 5) is 0.452. The monoisotopic (exact) mass is 324 g/mol. The van der Waals surface area contributed by atoms with E-state index in [1.165, 1.54) is 12.0 Å². The van der Waals surface area contributed by atoms with E-state index in [0.717, 1.165) is 12.8 Å². The average molecular weight is 325 g/mol. The van der Waals surface area contributed by atoms with Crippen molar-refractivity contribution in [2.24, 2.45) is 5.92 Å². The second kappa shape index (κ2) is 5.57. The molecule has 0 aromatic heterocycles. The van der Waals surface area contributed by atoms with Crippen molar-refractivity contribution in [2.45, 2.75) is 63.0 Å². The summed E-state index contributed by atoms with van der Waals surface area (Å²) in [6, 6.07) is 10.7. The Morgan fingerprint density at radius 3 is 2.37 bits per heavy atom. The van der Waals surface area contributed by atoms with E-state index in [2.05, 4.69) is 74.0 Å². The Morgan fingerprint density at radius 1 is 1.21 bits per heavy atom. The van der Waals surface area contributed by atoms with Gasteiger partial charge in [0.2, 0.25) is 0 Å². The van der Waals surface area contributed by atoms with Gasteiger partial charge in [0.25, 0.3) is 0 Å². The van der Waals surface area contributed by atoms with Crippen molar-refractivity contribution in [3.05, 3.63) is 35.9 Å². The molecule has 1 fully saturated rings. The second-order valence-corrected chi connectivity index (χ2v) is 7.93. The summed E-state index contributed by atoms with van der Waals surface area (Å²) >= 11 is 3.82. The smallest absolute Gasteiger partial charge is 0.0662 e. The Labute approximate surface area is 125 Å². The molecule has 0 bridgehead atoms. The number of hydrogen-bond acceptors (Lipinski definition) is 1. The number of rotatable bonds is 4. The third-order valence-corrected chi connectivity index (χ3v) is 5.18. The molecule has 2 unspecified atom stereocenters. The highest BCUT2D eigenvalue weighted by molar-refractivity contribution is 9.09. The van der Waals surface area contributed by atoms with Crippen molar-refractivity contribution in [3.8, 4) is 0 Å². The van der Waals surface area contributed by atoms with E-state index in [1.807, 2.05) is 0 Å². The van der Waals surface area contributed by atoms with Crippen molar-refractivity contribution in [2.75, 3.05) is 0 Å². The van der Waals surface area contributed by atoms with Gasteiger partial charge >= 0.3 is 0 Å². The zero-order valence-corrected chi connectivity index (χ0v) is 14.0. The highest BCUT2D eigenvalue weighted by atomic mass is 79.9. The van der Waals surface area contributed by atoms with Gasteiger partial charge in [-0.15, -0.1) is 0 Å². The SMILES string of the molecule is CC1(C)CC(CCC(Br)c2ccccc2)C(C)(C)O1. The summed E-state index contributed by atoms with van der Waals surface area (Å²) in [5, 5.41) is 0. The van der Waals surface area contributed by atoms with Gasteiger partial charge in [-0.3, -0.25) is 0 Å². The average Bonchev–Trinajstić information content (AvgIpc) is 2.55. The van der Waals surface area contributed by atoms with Crippen molar-refractivity contribution in [1.29, 1.82) is 0 Å². The van der Waals surface area contributed by atoms with Crippen LogP contribution in [0.5, 0.6) is 0 Å². The molecule has 2 rings (SSSR count). The molecule has 1 aromatic carbocycles. The molecule has 106 valence electrons.